The number of hydrogen-bond acceptors (Lipinski definition) is 2. The van der Waals surface area contributed by atoms with Crippen molar-refractivity contribution in [2.24, 2.45) is 5.73 Å². The summed E-state index contributed by atoms with van der Waals surface area (Å²) in [4.78, 5) is 22.1. The number of primary amides is 1. The van der Waals surface area contributed by atoms with E-state index in [1.165, 1.54) is 31.2 Å². The molecule has 0 unspecified atom stereocenters. The van der Waals surface area contributed by atoms with Gasteiger partial charge in [-0.3, -0.25) is 9.59 Å². The average Bonchev–Trinajstić information content (AvgIpc) is 2.18. The summed E-state index contributed by atoms with van der Waals surface area (Å²) in [6.45, 7) is 1.48. The van der Waals surface area contributed by atoms with Crippen LogP contribution < -0.4 is 11.1 Å². The Morgan fingerprint density at radius 2 is 1.87 bits per heavy atom. The van der Waals surface area contributed by atoms with Gasteiger partial charge in [0.05, 0.1) is 0 Å². The Bertz CT molecular complexity index is 376. The maximum absolute atomic E-state index is 12.5. The molecule has 2 amide bonds. The van der Waals surface area contributed by atoms with Gasteiger partial charge in [-0.1, -0.05) is 0 Å². The molecule has 0 heterocycles. The lowest BCUT2D eigenvalue weighted by atomic mass is 10.2. The Hall–Kier alpha value is -1.91. The summed E-state index contributed by atoms with van der Waals surface area (Å²) in [5, 5.41) is 2.38. The largest absolute Gasteiger partial charge is 0.368 e. The van der Waals surface area contributed by atoms with Crippen molar-refractivity contribution in [1.82, 2.24) is 5.32 Å². The van der Waals surface area contributed by atoms with Gasteiger partial charge in [-0.05, 0) is 31.2 Å². The molecule has 1 rings (SSSR count). The lowest BCUT2D eigenvalue weighted by Gasteiger charge is -2.09. The number of hydrogen-bond donors (Lipinski definition) is 2. The third kappa shape index (κ3) is 3.05. The third-order valence-electron chi connectivity index (χ3n) is 1.88. The van der Waals surface area contributed by atoms with Crippen molar-refractivity contribution in [3.63, 3.8) is 0 Å². The van der Waals surface area contributed by atoms with Crippen LogP contribution in [0.5, 0.6) is 0 Å². The summed E-state index contributed by atoms with van der Waals surface area (Å²) in [6.07, 6.45) is 0. The molecule has 80 valence electrons. The van der Waals surface area contributed by atoms with Crippen LogP contribution in [0.15, 0.2) is 24.3 Å². The number of benzene rings is 1. The maximum Gasteiger partial charge on any atom is 0.251 e. The summed E-state index contributed by atoms with van der Waals surface area (Å²) >= 11 is 0. The van der Waals surface area contributed by atoms with E-state index in [2.05, 4.69) is 5.32 Å². The van der Waals surface area contributed by atoms with Gasteiger partial charge in [-0.2, -0.15) is 0 Å². The van der Waals surface area contributed by atoms with E-state index in [1.807, 2.05) is 0 Å². The minimum atomic E-state index is -0.748. The van der Waals surface area contributed by atoms with Gasteiger partial charge in [-0.25, -0.2) is 4.39 Å². The standard InChI is InChI=1S/C10H11FN2O2/c1-6(9(12)14)13-10(15)7-2-4-8(11)5-3-7/h2-6H,1H3,(H2,12,14)(H,13,15)/t6-/m1/s1. The van der Waals surface area contributed by atoms with Crippen molar-refractivity contribution >= 4 is 11.8 Å². The summed E-state index contributed by atoms with van der Waals surface area (Å²) in [6, 6.07) is 4.26. The molecule has 0 bridgehead atoms. The molecule has 0 saturated carbocycles. The molecule has 1 aromatic carbocycles. The SMILES string of the molecule is C[C@@H](NC(=O)c1ccc(F)cc1)C(N)=O. The zero-order valence-electron chi connectivity index (χ0n) is 8.16. The fourth-order valence-electron chi connectivity index (χ4n) is 0.952. The number of nitrogens with two attached hydrogens (primary N) is 1. The molecule has 0 fully saturated rings. The minimum Gasteiger partial charge on any atom is -0.368 e. The summed E-state index contributed by atoms with van der Waals surface area (Å²) in [5.74, 6) is -1.50. The molecular formula is C10H11FN2O2. The molecule has 0 aromatic heterocycles. The molecule has 0 aliphatic carbocycles. The summed E-state index contributed by atoms with van der Waals surface area (Å²) in [5.41, 5.74) is 5.25. The first-order valence-corrected chi connectivity index (χ1v) is 4.36. The van der Waals surface area contributed by atoms with E-state index >= 15 is 0 Å². The zero-order chi connectivity index (χ0) is 11.4. The Balaban J connectivity index is 2.69. The zero-order valence-corrected chi connectivity index (χ0v) is 8.16. The molecule has 5 heteroatoms. The Morgan fingerprint density at radius 1 is 1.33 bits per heavy atom. The predicted molar refractivity (Wildman–Crippen MR) is 52.5 cm³/mol. The van der Waals surface area contributed by atoms with Gasteiger partial charge in [0.1, 0.15) is 11.9 Å². The second kappa shape index (κ2) is 4.54. The molecule has 0 aliphatic heterocycles. The van der Waals surface area contributed by atoms with Crippen molar-refractivity contribution in [3.05, 3.63) is 35.6 Å². The lowest BCUT2D eigenvalue weighted by Crippen LogP contribution is -2.42. The van der Waals surface area contributed by atoms with Gasteiger partial charge in [-0.15, -0.1) is 0 Å². The van der Waals surface area contributed by atoms with Gasteiger partial charge < -0.3 is 11.1 Å². The number of carbonyl (C=O) groups excluding carboxylic acids is 2. The van der Waals surface area contributed by atoms with Crippen molar-refractivity contribution in [2.45, 2.75) is 13.0 Å². The van der Waals surface area contributed by atoms with E-state index in [4.69, 9.17) is 5.73 Å². The van der Waals surface area contributed by atoms with Gasteiger partial charge in [0.25, 0.3) is 5.91 Å². The van der Waals surface area contributed by atoms with Crippen LogP contribution in [-0.2, 0) is 4.79 Å². The van der Waals surface area contributed by atoms with E-state index in [1.54, 1.807) is 0 Å². The highest BCUT2D eigenvalue weighted by Gasteiger charge is 2.13. The van der Waals surface area contributed by atoms with Crippen LogP contribution in [0.2, 0.25) is 0 Å². The van der Waals surface area contributed by atoms with Crippen LogP contribution in [0, 0.1) is 5.82 Å². The van der Waals surface area contributed by atoms with Crippen molar-refractivity contribution < 1.29 is 14.0 Å². The number of halogens is 1. The Morgan fingerprint density at radius 3 is 2.33 bits per heavy atom. The maximum atomic E-state index is 12.5. The average molecular weight is 210 g/mol. The first-order valence-electron chi connectivity index (χ1n) is 4.36. The monoisotopic (exact) mass is 210 g/mol. The van der Waals surface area contributed by atoms with Gasteiger partial charge >= 0.3 is 0 Å². The fourth-order valence-corrected chi connectivity index (χ4v) is 0.952. The number of carbonyl (C=O) groups is 2. The normalized spacial score (nSPS) is 11.9. The van der Waals surface area contributed by atoms with Crippen LogP contribution in [0.4, 0.5) is 4.39 Å². The lowest BCUT2D eigenvalue weighted by molar-refractivity contribution is -0.119. The molecule has 15 heavy (non-hydrogen) atoms. The van der Waals surface area contributed by atoms with Gasteiger partial charge in [0, 0.05) is 5.56 Å². The molecule has 1 aromatic rings. The second-order valence-electron chi connectivity index (χ2n) is 3.10. The van der Waals surface area contributed by atoms with E-state index in [0.717, 1.165) is 0 Å². The van der Waals surface area contributed by atoms with E-state index < -0.39 is 23.7 Å². The van der Waals surface area contributed by atoms with Crippen LogP contribution in [0.3, 0.4) is 0 Å². The third-order valence-corrected chi connectivity index (χ3v) is 1.88. The highest BCUT2D eigenvalue weighted by molar-refractivity contribution is 5.97. The predicted octanol–water partition coefficient (Wildman–Crippen LogP) is 0.429. The quantitative estimate of drug-likeness (QED) is 0.759. The highest BCUT2D eigenvalue weighted by atomic mass is 19.1. The first-order chi connectivity index (χ1) is 7.00. The van der Waals surface area contributed by atoms with E-state index in [-0.39, 0.29) is 5.56 Å². The van der Waals surface area contributed by atoms with Crippen molar-refractivity contribution in [3.8, 4) is 0 Å². The van der Waals surface area contributed by atoms with Gasteiger partial charge in [0.15, 0.2) is 0 Å². The second-order valence-corrected chi connectivity index (χ2v) is 3.10. The van der Waals surface area contributed by atoms with Gasteiger partial charge in [0.2, 0.25) is 5.91 Å². The van der Waals surface area contributed by atoms with Crippen LogP contribution in [-0.4, -0.2) is 17.9 Å². The molecule has 0 spiro atoms. The topological polar surface area (TPSA) is 72.2 Å². The highest BCUT2D eigenvalue weighted by Crippen LogP contribution is 2.02. The van der Waals surface area contributed by atoms with Crippen molar-refractivity contribution in [1.29, 1.82) is 0 Å². The molecular weight excluding hydrogens is 199 g/mol. The fraction of sp³-hybridized carbons (Fsp3) is 0.200. The minimum absolute atomic E-state index is 0.282. The van der Waals surface area contributed by atoms with Crippen molar-refractivity contribution in [2.75, 3.05) is 0 Å². The number of amides is 2. The smallest absolute Gasteiger partial charge is 0.251 e. The summed E-state index contributed by atoms with van der Waals surface area (Å²) in [7, 11) is 0. The Labute approximate surface area is 86.3 Å². The number of nitrogens with one attached hydrogen (secondary N) is 1. The first kappa shape index (κ1) is 11.2. The molecule has 0 aliphatic rings. The van der Waals surface area contributed by atoms with Crippen LogP contribution in [0.1, 0.15) is 17.3 Å². The number of rotatable bonds is 3. The van der Waals surface area contributed by atoms with E-state index in [9.17, 15) is 14.0 Å². The molecule has 1 atom stereocenters. The van der Waals surface area contributed by atoms with E-state index in [0.29, 0.717) is 0 Å². The molecule has 0 saturated heterocycles. The van der Waals surface area contributed by atoms with Crippen LogP contribution >= 0.6 is 0 Å². The Kier molecular flexibility index (Phi) is 3.38. The molecule has 4 nitrogen and oxygen atoms in total. The summed E-state index contributed by atoms with van der Waals surface area (Å²) < 4.78 is 12.5. The molecule has 0 radical (unpaired) electrons. The molecule has 3 N–H and O–H groups in total. The van der Waals surface area contributed by atoms with Crippen LogP contribution in [0.25, 0.3) is 0 Å².